The summed E-state index contributed by atoms with van der Waals surface area (Å²) in [6, 6.07) is 19.1. The second-order valence-corrected chi connectivity index (χ2v) is 7.68. The van der Waals surface area contributed by atoms with Crippen LogP contribution in [0, 0.1) is 13.8 Å². The van der Waals surface area contributed by atoms with Crippen molar-refractivity contribution in [1.82, 2.24) is 9.97 Å². The molecule has 0 fully saturated rings. The normalized spacial score (nSPS) is 11.3. The molecule has 0 saturated carbocycles. The molecule has 0 amide bonds. The van der Waals surface area contributed by atoms with Crippen LogP contribution in [0.2, 0.25) is 0 Å². The molecule has 2 N–H and O–H groups in total. The minimum atomic E-state index is 0.884. The van der Waals surface area contributed by atoms with E-state index in [1.165, 1.54) is 33.2 Å². The van der Waals surface area contributed by atoms with Gasteiger partial charge in [-0.05, 0) is 57.3 Å². The van der Waals surface area contributed by atoms with E-state index in [0.717, 1.165) is 42.3 Å². The van der Waals surface area contributed by atoms with E-state index in [9.17, 15) is 0 Å². The molecule has 0 unspecified atom stereocenters. The maximum atomic E-state index is 4.54. The fraction of sp³-hybridized carbons (Fsp3) is 0.286. The summed E-state index contributed by atoms with van der Waals surface area (Å²) in [7, 11) is 0. The largest absolute Gasteiger partial charge is 0.383 e. The summed E-state index contributed by atoms with van der Waals surface area (Å²) >= 11 is 0. The number of aromatic nitrogens is 2. The number of aryl methyl sites for hydroxylation is 4. The van der Waals surface area contributed by atoms with E-state index in [-0.39, 0.29) is 0 Å². The Kier molecular flexibility index (Phi) is 7.82. The minimum Gasteiger partial charge on any atom is -0.383 e. The number of fused-ring (bicyclic) bond motifs is 4. The Balaban J connectivity index is 0.000000169. The number of nitrogens with one attached hydrogen (secondary N) is 2. The van der Waals surface area contributed by atoms with Crippen molar-refractivity contribution >= 4 is 28.9 Å². The average Bonchev–Trinajstić information content (AvgIpc) is 3.22. The van der Waals surface area contributed by atoms with Crippen LogP contribution in [0.5, 0.6) is 0 Å². The quantitative estimate of drug-likeness (QED) is 0.335. The highest BCUT2D eigenvalue weighted by Crippen LogP contribution is 2.33. The van der Waals surface area contributed by atoms with Gasteiger partial charge in [0.2, 0.25) is 0 Å². The van der Waals surface area contributed by atoms with Crippen molar-refractivity contribution in [3.05, 3.63) is 77.2 Å². The monoisotopic (exact) mass is 426 g/mol. The first-order valence-electron chi connectivity index (χ1n) is 11.5. The molecule has 4 nitrogen and oxygen atoms in total. The maximum absolute atomic E-state index is 4.54. The van der Waals surface area contributed by atoms with Crippen LogP contribution in [-0.4, -0.2) is 23.2 Å². The number of rotatable bonds is 3. The Morgan fingerprint density at radius 2 is 1.81 bits per heavy atom. The summed E-state index contributed by atoms with van der Waals surface area (Å²) < 4.78 is 0. The van der Waals surface area contributed by atoms with Crippen LogP contribution in [-0.2, 0) is 12.8 Å². The van der Waals surface area contributed by atoms with Crippen LogP contribution in [0.1, 0.15) is 43.4 Å². The van der Waals surface area contributed by atoms with Gasteiger partial charge in [0.25, 0.3) is 0 Å². The predicted molar refractivity (Wildman–Crippen MR) is 140 cm³/mol. The van der Waals surface area contributed by atoms with E-state index in [1.807, 2.05) is 26.8 Å². The van der Waals surface area contributed by atoms with Gasteiger partial charge in [-0.25, -0.2) is 4.98 Å². The van der Waals surface area contributed by atoms with Crippen LogP contribution >= 0.6 is 0 Å². The smallest absolute Gasteiger partial charge is 0.103 e. The molecule has 32 heavy (non-hydrogen) atoms. The van der Waals surface area contributed by atoms with Gasteiger partial charge in [0, 0.05) is 23.2 Å². The zero-order chi connectivity index (χ0) is 23.1. The summed E-state index contributed by atoms with van der Waals surface area (Å²) in [4.78, 5) is 11.9. The molecule has 0 aliphatic heterocycles. The molecule has 1 aliphatic rings. The lowest BCUT2D eigenvalue weighted by atomic mass is 9.93. The molecule has 4 heteroatoms. The molecular weight excluding hydrogens is 392 g/mol. The third kappa shape index (κ3) is 4.91. The van der Waals surface area contributed by atoms with Gasteiger partial charge in [-0.15, -0.1) is 0 Å². The molecule has 0 bridgehead atoms. The van der Waals surface area contributed by atoms with Crippen LogP contribution < -0.4 is 5.32 Å². The first-order valence-corrected chi connectivity index (χ1v) is 11.5. The lowest BCUT2D eigenvalue weighted by molar-refractivity contribution is 0.905. The summed E-state index contributed by atoms with van der Waals surface area (Å²) in [6.07, 6.45) is 2.22. The van der Waals surface area contributed by atoms with Gasteiger partial charge in [0.15, 0.2) is 0 Å². The summed E-state index contributed by atoms with van der Waals surface area (Å²) in [5, 5.41) is 5.80. The topological polar surface area (TPSA) is 53.1 Å². The first kappa shape index (κ1) is 23.3. The van der Waals surface area contributed by atoms with Crippen LogP contribution in [0.15, 0.2) is 59.6 Å². The second-order valence-electron chi connectivity index (χ2n) is 7.68. The highest BCUT2D eigenvalue weighted by molar-refractivity contribution is 5.99. The van der Waals surface area contributed by atoms with E-state index in [1.54, 1.807) is 0 Å². The Morgan fingerprint density at radius 1 is 1.03 bits per heavy atom. The SMILES string of the molecule is C=Nc1ccc2cc(C)ccc2c1NCC.CC.Cc1nc2c([nH]1)CCc1ccccc1-2. The molecule has 0 saturated heterocycles. The highest BCUT2D eigenvalue weighted by Gasteiger charge is 2.18. The standard InChI is InChI=1S/C14H16N2.C12H12N2.C2H6/c1-4-16-14-12-7-5-10(2)9-11(12)6-8-13(14)15-3;1-8-13-11-7-6-9-4-2-3-5-10(9)12(11)14-8;1-2/h5-9,16H,3-4H2,1-2H3;2-5H,6-7H2,1H3,(H,13,14);1-2H3. The van der Waals surface area contributed by atoms with E-state index in [0.29, 0.717) is 0 Å². The molecular formula is C28H34N4. The second kappa shape index (κ2) is 10.8. The van der Waals surface area contributed by atoms with E-state index >= 15 is 0 Å². The zero-order valence-electron chi connectivity index (χ0n) is 19.9. The minimum absolute atomic E-state index is 0.884. The summed E-state index contributed by atoms with van der Waals surface area (Å²) in [5.41, 5.74) is 8.44. The molecule has 166 valence electrons. The van der Waals surface area contributed by atoms with Crippen molar-refractivity contribution in [3.63, 3.8) is 0 Å². The summed E-state index contributed by atoms with van der Waals surface area (Å²) in [6.45, 7) is 14.7. The number of nitrogens with zero attached hydrogens (tertiary/aromatic N) is 2. The molecule has 5 rings (SSSR count). The van der Waals surface area contributed by atoms with Gasteiger partial charge in [-0.2, -0.15) is 0 Å². The Hall–Kier alpha value is -3.40. The van der Waals surface area contributed by atoms with Crippen molar-refractivity contribution in [3.8, 4) is 11.3 Å². The predicted octanol–water partition coefficient (Wildman–Crippen LogP) is 7.42. The van der Waals surface area contributed by atoms with Gasteiger partial charge in [-0.1, -0.05) is 67.9 Å². The van der Waals surface area contributed by atoms with Gasteiger partial charge in [0.1, 0.15) is 5.82 Å². The number of aromatic amines is 1. The van der Waals surface area contributed by atoms with Crippen molar-refractivity contribution in [1.29, 1.82) is 0 Å². The molecule has 3 aromatic carbocycles. The Labute approximate surface area is 191 Å². The average molecular weight is 427 g/mol. The zero-order valence-corrected chi connectivity index (χ0v) is 19.9. The molecule has 1 aliphatic carbocycles. The molecule has 1 heterocycles. The molecule has 0 spiro atoms. The third-order valence-corrected chi connectivity index (χ3v) is 5.49. The number of hydrogen-bond donors (Lipinski definition) is 2. The molecule has 4 aromatic rings. The van der Waals surface area contributed by atoms with E-state index in [4.69, 9.17) is 0 Å². The third-order valence-electron chi connectivity index (χ3n) is 5.49. The Bertz CT molecular complexity index is 1200. The number of anilines is 1. The fourth-order valence-corrected chi connectivity index (χ4v) is 4.11. The van der Waals surface area contributed by atoms with Crippen molar-refractivity contribution in [2.45, 2.75) is 47.5 Å². The maximum Gasteiger partial charge on any atom is 0.103 e. The van der Waals surface area contributed by atoms with Crippen molar-refractivity contribution < 1.29 is 0 Å². The van der Waals surface area contributed by atoms with Crippen LogP contribution in [0.4, 0.5) is 11.4 Å². The van der Waals surface area contributed by atoms with Gasteiger partial charge in [0.05, 0.1) is 17.1 Å². The highest BCUT2D eigenvalue weighted by atomic mass is 14.9. The van der Waals surface area contributed by atoms with Crippen LogP contribution in [0.25, 0.3) is 22.0 Å². The van der Waals surface area contributed by atoms with E-state index < -0.39 is 0 Å². The molecule has 0 radical (unpaired) electrons. The fourth-order valence-electron chi connectivity index (χ4n) is 4.11. The first-order chi connectivity index (χ1) is 15.6. The Morgan fingerprint density at radius 3 is 2.56 bits per heavy atom. The van der Waals surface area contributed by atoms with E-state index in [2.05, 4.69) is 89.4 Å². The summed E-state index contributed by atoms with van der Waals surface area (Å²) in [5.74, 6) is 1.02. The van der Waals surface area contributed by atoms with Gasteiger partial charge < -0.3 is 10.3 Å². The molecule has 1 aromatic heterocycles. The number of H-pyrrole nitrogens is 1. The van der Waals surface area contributed by atoms with Crippen molar-refractivity contribution in [2.24, 2.45) is 4.99 Å². The van der Waals surface area contributed by atoms with Gasteiger partial charge >= 0.3 is 0 Å². The lowest BCUT2D eigenvalue weighted by Crippen LogP contribution is -2.02. The van der Waals surface area contributed by atoms with Gasteiger partial charge in [-0.3, -0.25) is 4.99 Å². The number of hydrogen-bond acceptors (Lipinski definition) is 3. The van der Waals surface area contributed by atoms with Crippen molar-refractivity contribution in [2.75, 3.05) is 11.9 Å². The van der Waals surface area contributed by atoms with Crippen LogP contribution in [0.3, 0.4) is 0 Å². The number of benzene rings is 3. The lowest BCUT2D eigenvalue weighted by Gasteiger charge is -2.14. The molecule has 0 atom stereocenters. The number of aliphatic imine (C=N–C) groups is 1. The number of imidazole rings is 1.